The van der Waals surface area contributed by atoms with Crippen LogP contribution in [0, 0.1) is 11.6 Å². The first-order valence-corrected chi connectivity index (χ1v) is 13.7. The lowest BCUT2D eigenvalue weighted by Crippen LogP contribution is -2.32. The minimum absolute atomic E-state index is 0.546. The van der Waals surface area contributed by atoms with Crippen LogP contribution in [0.5, 0.6) is 0 Å². The molecule has 2 aliphatic rings. The van der Waals surface area contributed by atoms with Crippen molar-refractivity contribution in [1.29, 1.82) is 0 Å². The van der Waals surface area contributed by atoms with Gasteiger partial charge in [0.25, 0.3) is 0 Å². The van der Waals surface area contributed by atoms with Crippen molar-refractivity contribution >= 4 is 22.9 Å². The molecule has 0 heterocycles. The maximum absolute atomic E-state index is 14.3. The molecule has 0 radical (unpaired) electrons. The number of halogens is 2. The third-order valence-corrected chi connectivity index (χ3v) is 8.32. The Morgan fingerprint density at radius 2 is 0.950 bits per heavy atom. The van der Waals surface area contributed by atoms with Crippen LogP contribution >= 0.6 is 0 Å². The number of benzene rings is 6. The summed E-state index contributed by atoms with van der Waals surface area (Å²) in [5, 5.41) is 4.70. The molecule has 40 heavy (non-hydrogen) atoms. The molecule has 0 spiro atoms. The Balaban J connectivity index is 1.57. The number of hydrogen-bond donors (Lipinski definition) is 0. The molecule has 8 rings (SSSR count). The molecule has 6 aromatic carbocycles. The van der Waals surface area contributed by atoms with E-state index in [1.165, 1.54) is 67.1 Å². The zero-order valence-corrected chi connectivity index (χ0v) is 21.7. The molecule has 0 aromatic heterocycles. The van der Waals surface area contributed by atoms with Gasteiger partial charge >= 0.3 is 0 Å². The zero-order valence-electron chi connectivity index (χ0n) is 21.7. The van der Waals surface area contributed by atoms with Crippen LogP contribution in [0.25, 0.3) is 78.6 Å². The van der Waals surface area contributed by atoms with Crippen molar-refractivity contribution in [3.05, 3.63) is 131 Å². The lowest BCUT2D eigenvalue weighted by atomic mass is 9.83. The van der Waals surface area contributed by atoms with Crippen molar-refractivity contribution in [3.63, 3.8) is 0 Å². The molecule has 0 bridgehead atoms. The highest BCUT2D eigenvalue weighted by Crippen LogP contribution is 2.54. The van der Waals surface area contributed by atoms with Gasteiger partial charge in [-0.15, -0.1) is 0 Å². The van der Waals surface area contributed by atoms with Crippen LogP contribution in [-0.4, -0.2) is 0 Å². The smallest absolute Gasteiger partial charge is 0.126 e. The monoisotopic (exact) mass is 518 g/mol. The lowest BCUT2D eigenvalue weighted by Gasteiger charge is -2.20. The van der Waals surface area contributed by atoms with E-state index in [9.17, 15) is 8.78 Å². The quantitative estimate of drug-likeness (QED) is 0.219. The summed E-state index contributed by atoms with van der Waals surface area (Å²) in [5.74, 6) is -1.14. The molecular formula is C38H24F2. The molecule has 0 nitrogen and oxygen atoms in total. The molecule has 0 atom stereocenters. The first-order valence-electron chi connectivity index (χ1n) is 13.7. The van der Waals surface area contributed by atoms with Gasteiger partial charge in [0.1, 0.15) is 11.6 Å². The Hall–Kier alpha value is -4.82. The summed E-state index contributed by atoms with van der Waals surface area (Å²) in [4.78, 5) is 0. The Bertz CT molecular complexity index is 1990. The minimum Gasteiger partial charge on any atom is -0.207 e. The number of rotatable bonds is 3. The summed E-state index contributed by atoms with van der Waals surface area (Å²) >= 11 is 0. The Morgan fingerprint density at radius 1 is 0.425 bits per heavy atom. The van der Waals surface area contributed by atoms with Gasteiger partial charge in [-0.2, -0.15) is 0 Å². The van der Waals surface area contributed by atoms with Crippen molar-refractivity contribution in [2.75, 3.05) is 0 Å². The first kappa shape index (κ1) is 23.1. The highest BCUT2D eigenvalue weighted by Gasteiger charge is 2.30. The van der Waals surface area contributed by atoms with Gasteiger partial charge in [-0.3, -0.25) is 0 Å². The van der Waals surface area contributed by atoms with Gasteiger partial charge in [-0.05, 0) is 102 Å². The average Bonchev–Trinajstić information content (AvgIpc) is 3.31. The number of hydrogen-bond acceptors (Lipinski definition) is 0. The fourth-order valence-corrected chi connectivity index (χ4v) is 6.80. The van der Waals surface area contributed by atoms with Gasteiger partial charge in [0.05, 0.1) is 0 Å². The maximum Gasteiger partial charge on any atom is 0.126 e. The molecule has 0 N–H and O–H groups in total. The normalized spacial score (nSPS) is 12.9. The third kappa shape index (κ3) is 3.36. The van der Waals surface area contributed by atoms with Crippen LogP contribution < -0.4 is 10.4 Å². The van der Waals surface area contributed by atoms with Crippen LogP contribution in [0.3, 0.4) is 0 Å². The van der Waals surface area contributed by atoms with Crippen LogP contribution in [-0.2, 0) is 0 Å². The Morgan fingerprint density at radius 3 is 1.52 bits per heavy atom. The molecule has 190 valence electrons. The highest BCUT2D eigenvalue weighted by molar-refractivity contribution is 6.23. The van der Waals surface area contributed by atoms with E-state index in [1.807, 2.05) is 6.07 Å². The van der Waals surface area contributed by atoms with Gasteiger partial charge < -0.3 is 0 Å². The summed E-state index contributed by atoms with van der Waals surface area (Å²) in [6.45, 7) is 0. The van der Waals surface area contributed by atoms with Crippen LogP contribution in [0.15, 0.2) is 109 Å². The zero-order chi connectivity index (χ0) is 26.8. The van der Waals surface area contributed by atoms with E-state index in [0.29, 0.717) is 5.56 Å². The topological polar surface area (TPSA) is 0 Å². The molecule has 0 unspecified atom stereocenters. The SMILES string of the molecule is Fc1cc(F)cc(-c2ccc3c4c(cccc24)-c2c-3c(-c3ccccc3)c3c(c2-c2ccccc2)=CCCC=3)c1. The van der Waals surface area contributed by atoms with Crippen molar-refractivity contribution in [3.8, 4) is 55.6 Å². The van der Waals surface area contributed by atoms with Crippen molar-refractivity contribution in [2.24, 2.45) is 0 Å². The van der Waals surface area contributed by atoms with E-state index in [2.05, 4.69) is 97.1 Å². The van der Waals surface area contributed by atoms with Gasteiger partial charge in [0.2, 0.25) is 0 Å². The summed E-state index contributed by atoms with van der Waals surface area (Å²) in [5.41, 5.74) is 11.1. The largest absolute Gasteiger partial charge is 0.207 e. The average molecular weight is 519 g/mol. The van der Waals surface area contributed by atoms with E-state index < -0.39 is 11.6 Å². The van der Waals surface area contributed by atoms with E-state index in [0.717, 1.165) is 35.2 Å². The maximum atomic E-state index is 14.3. The summed E-state index contributed by atoms with van der Waals surface area (Å²) in [7, 11) is 0. The predicted molar refractivity (Wildman–Crippen MR) is 162 cm³/mol. The standard InChI is InChI=1S/C38H24F2/c39-26-20-25(21-27(40)22-26)28-18-19-33-36-29(28)16-9-17-32(36)37-34(23-10-3-1-4-11-23)30-14-7-8-15-31(30)35(38(33)37)24-12-5-2-6-13-24/h1-6,9-22H,7-8H2. The second-order valence-electron chi connectivity index (χ2n) is 10.6. The molecule has 0 saturated carbocycles. The van der Waals surface area contributed by atoms with E-state index in [1.54, 1.807) is 0 Å². The van der Waals surface area contributed by atoms with Crippen LogP contribution in [0.2, 0.25) is 0 Å². The van der Waals surface area contributed by atoms with Crippen LogP contribution in [0.1, 0.15) is 12.8 Å². The van der Waals surface area contributed by atoms with Crippen molar-refractivity contribution in [2.45, 2.75) is 12.8 Å². The predicted octanol–water partition coefficient (Wildman–Crippen LogP) is 9.12. The second-order valence-corrected chi connectivity index (χ2v) is 10.6. The molecule has 2 aliphatic carbocycles. The van der Waals surface area contributed by atoms with E-state index in [4.69, 9.17) is 0 Å². The molecule has 0 aliphatic heterocycles. The van der Waals surface area contributed by atoms with Gasteiger partial charge in [-0.1, -0.05) is 103 Å². The summed E-state index contributed by atoms with van der Waals surface area (Å²) < 4.78 is 28.6. The molecule has 0 fully saturated rings. The Labute approximate surface area is 231 Å². The van der Waals surface area contributed by atoms with Crippen LogP contribution in [0.4, 0.5) is 8.78 Å². The molecule has 0 amide bonds. The van der Waals surface area contributed by atoms with E-state index >= 15 is 0 Å². The molecule has 0 saturated heterocycles. The highest BCUT2D eigenvalue weighted by atomic mass is 19.1. The molecule has 6 aromatic rings. The third-order valence-electron chi connectivity index (χ3n) is 8.32. The number of fused-ring (bicyclic) bond motifs is 4. The minimum atomic E-state index is -0.571. The molecular weight excluding hydrogens is 494 g/mol. The first-order chi connectivity index (χ1) is 19.7. The van der Waals surface area contributed by atoms with Crippen molar-refractivity contribution < 1.29 is 8.78 Å². The Kier molecular flexibility index (Phi) is 5.12. The summed E-state index contributed by atoms with van der Waals surface area (Å²) in [6, 6.07) is 35.6. The fraction of sp³-hybridized carbons (Fsp3) is 0.0526. The van der Waals surface area contributed by atoms with Gasteiger partial charge in [-0.25, -0.2) is 8.78 Å². The van der Waals surface area contributed by atoms with E-state index in [-0.39, 0.29) is 0 Å². The fourth-order valence-electron chi connectivity index (χ4n) is 6.80. The van der Waals surface area contributed by atoms with Gasteiger partial charge in [0.15, 0.2) is 0 Å². The summed E-state index contributed by atoms with van der Waals surface area (Å²) in [6.07, 6.45) is 6.81. The van der Waals surface area contributed by atoms with Crippen molar-refractivity contribution in [1.82, 2.24) is 0 Å². The lowest BCUT2D eigenvalue weighted by molar-refractivity contribution is 0.584. The second kappa shape index (κ2) is 8.86. The molecule has 2 heteroatoms. The van der Waals surface area contributed by atoms with Gasteiger partial charge in [0, 0.05) is 6.07 Å².